The molecule has 1 aliphatic carbocycles. The molecule has 0 bridgehead atoms. The average molecular weight is 494 g/mol. The fourth-order valence-electron chi connectivity index (χ4n) is 4.97. The van der Waals surface area contributed by atoms with Crippen LogP contribution in [0.15, 0.2) is 18.2 Å². The Bertz CT molecular complexity index is 1080. The summed E-state index contributed by atoms with van der Waals surface area (Å²) < 4.78 is 2.87. The van der Waals surface area contributed by atoms with Gasteiger partial charge in [0, 0.05) is 47.2 Å². The number of amides is 2. The third-order valence-corrected chi connectivity index (χ3v) is 7.45. The van der Waals surface area contributed by atoms with Gasteiger partial charge >= 0.3 is 0 Å². The van der Waals surface area contributed by atoms with Crippen LogP contribution in [0.1, 0.15) is 66.7 Å². The predicted molar refractivity (Wildman–Crippen MR) is 125 cm³/mol. The third-order valence-electron chi connectivity index (χ3n) is 6.72. The van der Waals surface area contributed by atoms with E-state index in [1.54, 1.807) is 23.1 Å². The fourth-order valence-corrected chi connectivity index (χ4v) is 5.78. The monoisotopic (exact) mass is 493 g/mol. The summed E-state index contributed by atoms with van der Waals surface area (Å²) in [7, 11) is 0. The highest BCUT2D eigenvalue weighted by Gasteiger charge is 2.39. The standard InChI is InChI=1S/C22H25Cl2N5O2S/c23-15-10-14(11-16(24)12-15)20(30)28-7-1-2-18(28)21(31)27-8-5-13(6-9-27)19-25-26-22(32)29(19)17-3-4-17/h10-13,17-18H,1-9H2,(H,26,32). The summed E-state index contributed by atoms with van der Waals surface area (Å²) in [6.07, 6.45) is 5.50. The number of piperidine rings is 1. The Balaban J connectivity index is 1.25. The van der Waals surface area contributed by atoms with E-state index in [4.69, 9.17) is 35.4 Å². The van der Waals surface area contributed by atoms with Gasteiger partial charge in [-0.25, -0.2) is 0 Å². The smallest absolute Gasteiger partial charge is 0.254 e. The molecule has 0 radical (unpaired) electrons. The highest BCUT2D eigenvalue weighted by Crippen LogP contribution is 2.39. The molecule has 7 nitrogen and oxygen atoms in total. The number of nitrogens with one attached hydrogen (secondary N) is 1. The van der Waals surface area contributed by atoms with Gasteiger partial charge in [-0.2, -0.15) is 5.10 Å². The van der Waals surface area contributed by atoms with Gasteiger partial charge in [-0.05, 0) is 68.9 Å². The lowest BCUT2D eigenvalue weighted by Crippen LogP contribution is -2.50. The maximum absolute atomic E-state index is 13.3. The van der Waals surface area contributed by atoms with Gasteiger partial charge in [-0.3, -0.25) is 14.7 Å². The normalized spacial score (nSPS) is 21.9. The van der Waals surface area contributed by atoms with Gasteiger partial charge in [-0.15, -0.1) is 0 Å². The van der Waals surface area contributed by atoms with Crippen molar-refractivity contribution in [3.8, 4) is 0 Å². The van der Waals surface area contributed by atoms with Crippen LogP contribution in [0, 0.1) is 4.77 Å². The molecule has 1 atom stereocenters. The minimum atomic E-state index is -0.433. The zero-order chi connectivity index (χ0) is 22.4. The number of likely N-dealkylation sites (tertiary alicyclic amines) is 2. The number of carbonyl (C=O) groups excluding carboxylic acids is 2. The highest BCUT2D eigenvalue weighted by atomic mass is 35.5. The molecule has 1 unspecified atom stereocenters. The van der Waals surface area contributed by atoms with Crippen LogP contribution < -0.4 is 0 Å². The Morgan fingerprint density at radius 1 is 1.00 bits per heavy atom. The van der Waals surface area contributed by atoms with Gasteiger partial charge in [0.05, 0.1) is 0 Å². The fraction of sp³-hybridized carbons (Fsp3) is 0.545. The van der Waals surface area contributed by atoms with E-state index < -0.39 is 6.04 Å². The van der Waals surface area contributed by atoms with Gasteiger partial charge < -0.3 is 14.4 Å². The van der Waals surface area contributed by atoms with Crippen LogP contribution in [0.4, 0.5) is 0 Å². The Kier molecular flexibility index (Phi) is 6.03. The van der Waals surface area contributed by atoms with Crippen LogP contribution in [-0.2, 0) is 4.79 Å². The largest absolute Gasteiger partial charge is 0.341 e. The van der Waals surface area contributed by atoms with Crippen molar-refractivity contribution in [1.82, 2.24) is 24.6 Å². The average Bonchev–Trinajstić information content (AvgIpc) is 3.35. The van der Waals surface area contributed by atoms with Crippen LogP contribution in [0.25, 0.3) is 0 Å². The number of hydrogen-bond acceptors (Lipinski definition) is 4. The van der Waals surface area contributed by atoms with E-state index >= 15 is 0 Å². The van der Waals surface area contributed by atoms with E-state index in [-0.39, 0.29) is 11.8 Å². The van der Waals surface area contributed by atoms with Crippen LogP contribution in [0.5, 0.6) is 0 Å². The molecule has 3 heterocycles. The van der Waals surface area contributed by atoms with Crippen LogP contribution >= 0.6 is 35.4 Å². The van der Waals surface area contributed by atoms with Crippen molar-refractivity contribution in [2.45, 2.75) is 56.5 Å². The second-order valence-electron chi connectivity index (χ2n) is 8.90. The summed E-state index contributed by atoms with van der Waals surface area (Å²) >= 11 is 17.6. The molecule has 32 heavy (non-hydrogen) atoms. The molecule has 0 spiro atoms. The SMILES string of the molecule is O=C(C1CCCN1C(=O)c1cc(Cl)cc(Cl)c1)N1CCC(c2n[nH]c(=S)n2C2CC2)CC1. The highest BCUT2D eigenvalue weighted by molar-refractivity contribution is 7.71. The van der Waals surface area contributed by atoms with Gasteiger partial charge in [0.25, 0.3) is 5.91 Å². The molecule has 2 aliphatic heterocycles. The van der Waals surface area contributed by atoms with Crippen LogP contribution in [0.2, 0.25) is 10.0 Å². The second-order valence-corrected chi connectivity index (χ2v) is 10.2. The number of aromatic amines is 1. The predicted octanol–water partition coefficient (Wildman–Crippen LogP) is 4.59. The first-order valence-corrected chi connectivity index (χ1v) is 12.3. The zero-order valence-corrected chi connectivity index (χ0v) is 19.9. The summed E-state index contributed by atoms with van der Waals surface area (Å²) in [4.78, 5) is 30.0. The van der Waals surface area contributed by atoms with Crippen molar-refractivity contribution >= 4 is 47.2 Å². The molecule has 1 aromatic carbocycles. The summed E-state index contributed by atoms with van der Waals surface area (Å²) in [5.41, 5.74) is 0.420. The quantitative estimate of drug-likeness (QED) is 0.631. The molecule has 10 heteroatoms. The molecule has 1 N–H and O–H groups in total. The maximum Gasteiger partial charge on any atom is 0.254 e. The molecule has 170 valence electrons. The summed E-state index contributed by atoms with van der Waals surface area (Å²) in [5.74, 6) is 1.16. The summed E-state index contributed by atoms with van der Waals surface area (Å²) in [6, 6.07) is 4.85. The Morgan fingerprint density at radius 2 is 1.69 bits per heavy atom. The van der Waals surface area contributed by atoms with E-state index in [1.165, 1.54) is 0 Å². The number of hydrogen-bond donors (Lipinski definition) is 1. The van der Waals surface area contributed by atoms with E-state index in [9.17, 15) is 9.59 Å². The van der Waals surface area contributed by atoms with Crippen molar-refractivity contribution in [2.75, 3.05) is 19.6 Å². The van der Waals surface area contributed by atoms with E-state index in [2.05, 4.69) is 14.8 Å². The summed E-state index contributed by atoms with van der Waals surface area (Å²) in [6.45, 7) is 1.89. The van der Waals surface area contributed by atoms with E-state index in [0.717, 1.165) is 37.9 Å². The molecule has 2 saturated heterocycles. The topological polar surface area (TPSA) is 74.2 Å². The van der Waals surface area contributed by atoms with Crippen molar-refractivity contribution in [2.24, 2.45) is 0 Å². The minimum Gasteiger partial charge on any atom is -0.341 e. The molecular formula is C22H25Cl2N5O2S. The van der Waals surface area contributed by atoms with Crippen molar-refractivity contribution < 1.29 is 9.59 Å². The molecule has 2 amide bonds. The maximum atomic E-state index is 13.3. The molecule has 1 aromatic heterocycles. The molecule has 5 rings (SSSR count). The molecule has 2 aromatic rings. The Labute approximate surface area is 201 Å². The van der Waals surface area contributed by atoms with Gasteiger partial charge in [0.1, 0.15) is 11.9 Å². The van der Waals surface area contributed by atoms with Gasteiger partial charge in [0.2, 0.25) is 5.91 Å². The number of benzene rings is 1. The number of aromatic nitrogens is 3. The van der Waals surface area contributed by atoms with Crippen LogP contribution in [-0.4, -0.2) is 62.1 Å². The molecule has 1 saturated carbocycles. The van der Waals surface area contributed by atoms with Crippen molar-refractivity contribution in [3.05, 3.63) is 44.4 Å². The lowest BCUT2D eigenvalue weighted by atomic mass is 9.95. The minimum absolute atomic E-state index is 0.0310. The van der Waals surface area contributed by atoms with Crippen molar-refractivity contribution in [1.29, 1.82) is 0 Å². The second kappa shape index (κ2) is 8.80. The zero-order valence-electron chi connectivity index (χ0n) is 17.6. The first kappa shape index (κ1) is 21.9. The number of rotatable bonds is 4. The van der Waals surface area contributed by atoms with Crippen molar-refractivity contribution in [3.63, 3.8) is 0 Å². The number of nitrogens with zero attached hydrogens (tertiary/aromatic N) is 4. The van der Waals surface area contributed by atoms with E-state index in [0.29, 0.717) is 58.4 Å². The number of halogens is 2. The Morgan fingerprint density at radius 3 is 2.34 bits per heavy atom. The van der Waals surface area contributed by atoms with Crippen LogP contribution in [0.3, 0.4) is 0 Å². The van der Waals surface area contributed by atoms with Gasteiger partial charge in [-0.1, -0.05) is 23.2 Å². The first-order chi connectivity index (χ1) is 15.4. The lowest BCUT2D eigenvalue weighted by Gasteiger charge is -2.35. The first-order valence-electron chi connectivity index (χ1n) is 11.1. The van der Waals surface area contributed by atoms with E-state index in [1.807, 2.05) is 4.90 Å². The molecular weight excluding hydrogens is 469 g/mol. The number of carbonyl (C=O) groups is 2. The Hall–Kier alpha value is -1.90. The van der Waals surface area contributed by atoms with Gasteiger partial charge in [0.15, 0.2) is 4.77 Å². The third kappa shape index (κ3) is 4.20. The summed E-state index contributed by atoms with van der Waals surface area (Å²) in [5, 5.41) is 8.27. The lowest BCUT2D eigenvalue weighted by molar-refractivity contribution is -0.136. The molecule has 3 aliphatic rings. The number of H-pyrrole nitrogens is 1. The molecule has 3 fully saturated rings.